The number of nitrogens with zero attached hydrogens (tertiary/aromatic N) is 1. The van der Waals surface area contributed by atoms with Gasteiger partial charge in [0.2, 0.25) is 17.7 Å². The molecule has 0 spiro atoms. The molecule has 0 aliphatic rings. The molecule has 0 heterocycles. The Kier molecular flexibility index (Phi) is 13.8. The quantitative estimate of drug-likeness (QED) is 0.0859. The van der Waals surface area contributed by atoms with Gasteiger partial charge in [-0.15, -0.1) is 0 Å². The maximum absolute atomic E-state index is 13.3. The number of aliphatic imine (C=N–C) groups is 1. The van der Waals surface area contributed by atoms with Gasteiger partial charge in [0.05, 0.1) is 6.04 Å². The van der Waals surface area contributed by atoms with E-state index >= 15 is 0 Å². The molecule has 5 unspecified atom stereocenters. The van der Waals surface area contributed by atoms with Gasteiger partial charge in [-0.1, -0.05) is 64.4 Å². The average Bonchev–Trinajstić information content (AvgIpc) is 2.86. The number of guanidine groups is 1. The van der Waals surface area contributed by atoms with Crippen molar-refractivity contribution in [1.29, 1.82) is 0 Å². The molecule has 0 aliphatic heterocycles. The van der Waals surface area contributed by atoms with E-state index in [1.807, 2.05) is 44.2 Å². The molecule has 10 N–H and O–H groups in total. The molecule has 0 fully saturated rings. The van der Waals surface area contributed by atoms with Crippen LogP contribution in [0.15, 0.2) is 35.3 Å². The van der Waals surface area contributed by atoms with E-state index in [1.165, 1.54) is 0 Å². The summed E-state index contributed by atoms with van der Waals surface area (Å²) in [5.41, 5.74) is 17.5. The summed E-state index contributed by atoms with van der Waals surface area (Å²) < 4.78 is 0. The summed E-state index contributed by atoms with van der Waals surface area (Å²) >= 11 is 0. The smallest absolute Gasteiger partial charge is 0.326 e. The van der Waals surface area contributed by atoms with Crippen LogP contribution in [-0.2, 0) is 25.6 Å². The van der Waals surface area contributed by atoms with Crippen LogP contribution < -0.4 is 33.2 Å². The molecule has 0 saturated heterocycles. The van der Waals surface area contributed by atoms with Crippen molar-refractivity contribution in [3.63, 3.8) is 0 Å². The number of nitrogens with one attached hydrogen (secondary N) is 3. The Morgan fingerprint density at radius 2 is 1.50 bits per heavy atom. The minimum absolute atomic E-state index is 0.0987. The third-order valence-electron chi connectivity index (χ3n) is 6.24. The lowest BCUT2D eigenvalue weighted by atomic mass is 9.95. The summed E-state index contributed by atoms with van der Waals surface area (Å²) in [5, 5.41) is 17.5. The number of benzene rings is 1. The van der Waals surface area contributed by atoms with Crippen LogP contribution in [0.25, 0.3) is 0 Å². The van der Waals surface area contributed by atoms with Crippen molar-refractivity contribution in [1.82, 2.24) is 16.0 Å². The molecule has 0 aliphatic carbocycles. The molecule has 0 radical (unpaired) electrons. The van der Waals surface area contributed by atoms with E-state index in [0.29, 0.717) is 19.3 Å². The SMILES string of the molecule is CCC(C)C(NC(=O)C(N)Cc1ccccc1)C(=O)NC(C(=O)NC(CCCN=C(N)N)C(=O)O)C(C)C. The van der Waals surface area contributed by atoms with Gasteiger partial charge in [0, 0.05) is 6.54 Å². The monoisotopic (exact) mass is 533 g/mol. The first-order valence-electron chi connectivity index (χ1n) is 12.9. The molecule has 1 aromatic rings. The van der Waals surface area contributed by atoms with Crippen LogP contribution in [0.4, 0.5) is 0 Å². The summed E-state index contributed by atoms with van der Waals surface area (Å²) in [6.07, 6.45) is 1.32. The fourth-order valence-electron chi connectivity index (χ4n) is 3.72. The molecule has 0 bridgehead atoms. The number of carbonyl (C=O) groups is 4. The zero-order valence-corrected chi connectivity index (χ0v) is 22.6. The van der Waals surface area contributed by atoms with Crippen molar-refractivity contribution in [2.24, 2.45) is 34.0 Å². The van der Waals surface area contributed by atoms with Crippen LogP contribution in [0.5, 0.6) is 0 Å². The van der Waals surface area contributed by atoms with Crippen LogP contribution in [0.2, 0.25) is 0 Å². The second-order valence-corrected chi connectivity index (χ2v) is 9.75. The number of carboxylic acids is 1. The van der Waals surface area contributed by atoms with Crippen molar-refractivity contribution < 1.29 is 24.3 Å². The van der Waals surface area contributed by atoms with E-state index in [0.717, 1.165) is 5.56 Å². The Morgan fingerprint density at radius 1 is 0.921 bits per heavy atom. The molecule has 12 heteroatoms. The zero-order valence-electron chi connectivity index (χ0n) is 22.6. The predicted molar refractivity (Wildman–Crippen MR) is 146 cm³/mol. The second-order valence-electron chi connectivity index (χ2n) is 9.75. The van der Waals surface area contributed by atoms with E-state index in [4.69, 9.17) is 17.2 Å². The van der Waals surface area contributed by atoms with Gasteiger partial charge in [-0.3, -0.25) is 19.4 Å². The van der Waals surface area contributed by atoms with Gasteiger partial charge in [-0.05, 0) is 36.7 Å². The van der Waals surface area contributed by atoms with Gasteiger partial charge in [0.25, 0.3) is 0 Å². The molecular formula is C26H43N7O5. The van der Waals surface area contributed by atoms with E-state index < -0.39 is 47.9 Å². The minimum atomic E-state index is -1.21. The summed E-state index contributed by atoms with van der Waals surface area (Å²) in [4.78, 5) is 54.6. The largest absolute Gasteiger partial charge is 0.480 e. The fourth-order valence-corrected chi connectivity index (χ4v) is 3.72. The van der Waals surface area contributed by atoms with Crippen LogP contribution in [0.1, 0.15) is 52.5 Å². The van der Waals surface area contributed by atoms with Gasteiger partial charge in [0.15, 0.2) is 5.96 Å². The predicted octanol–water partition coefficient (Wildman–Crippen LogP) is -0.149. The van der Waals surface area contributed by atoms with E-state index in [-0.39, 0.29) is 30.8 Å². The highest BCUT2D eigenvalue weighted by Crippen LogP contribution is 2.12. The third-order valence-corrected chi connectivity index (χ3v) is 6.24. The molecule has 0 aromatic heterocycles. The maximum atomic E-state index is 13.3. The van der Waals surface area contributed by atoms with Crippen LogP contribution in [0.3, 0.4) is 0 Å². The molecule has 0 saturated carbocycles. The summed E-state index contributed by atoms with van der Waals surface area (Å²) in [5.74, 6) is -3.59. The second kappa shape index (κ2) is 16.2. The molecular weight excluding hydrogens is 490 g/mol. The first-order chi connectivity index (χ1) is 17.9. The highest BCUT2D eigenvalue weighted by Gasteiger charge is 2.33. The lowest BCUT2D eigenvalue weighted by molar-refractivity contribution is -0.143. The van der Waals surface area contributed by atoms with Crippen LogP contribution in [0, 0.1) is 11.8 Å². The van der Waals surface area contributed by atoms with Gasteiger partial charge in [-0.2, -0.15) is 0 Å². The van der Waals surface area contributed by atoms with E-state index in [2.05, 4.69) is 20.9 Å². The first-order valence-corrected chi connectivity index (χ1v) is 12.9. The van der Waals surface area contributed by atoms with Crippen molar-refractivity contribution in [2.75, 3.05) is 6.54 Å². The molecule has 3 amide bonds. The lowest BCUT2D eigenvalue weighted by Crippen LogP contribution is -2.59. The topological polar surface area (TPSA) is 215 Å². The van der Waals surface area contributed by atoms with Gasteiger partial charge in [-0.25, -0.2) is 4.79 Å². The number of carbonyl (C=O) groups excluding carboxylic acids is 3. The van der Waals surface area contributed by atoms with Crippen molar-refractivity contribution in [2.45, 2.75) is 77.5 Å². The van der Waals surface area contributed by atoms with Gasteiger partial charge in [0.1, 0.15) is 18.1 Å². The van der Waals surface area contributed by atoms with Crippen LogP contribution >= 0.6 is 0 Å². The van der Waals surface area contributed by atoms with E-state index in [1.54, 1.807) is 13.8 Å². The van der Waals surface area contributed by atoms with Gasteiger partial charge < -0.3 is 38.3 Å². The Labute approximate surface area is 224 Å². The zero-order chi connectivity index (χ0) is 28.8. The van der Waals surface area contributed by atoms with Crippen molar-refractivity contribution in [3.05, 3.63) is 35.9 Å². The number of hydrogen-bond donors (Lipinski definition) is 7. The number of hydrogen-bond acceptors (Lipinski definition) is 6. The molecule has 212 valence electrons. The molecule has 12 nitrogen and oxygen atoms in total. The minimum Gasteiger partial charge on any atom is -0.480 e. The normalized spacial score (nSPS) is 14.9. The number of amides is 3. The maximum Gasteiger partial charge on any atom is 0.326 e. The summed E-state index contributed by atoms with van der Waals surface area (Å²) in [6.45, 7) is 7.37. The Bertz CT molecular complexity index is 951. The number of carboxylic acid groups (broad SMARTS) is 1. The van der Waals surface area contributed by atoms with Crippen LogP contribution in [-0.4, -0.2) is 65.5 Å². The Balaban J connectivity index is 2.91. The van der Waals surface area contributed by atoms with E-state index in [9.17, 15) is 24.3 Å². The molecule has 5 atom stereocenters. The molecule has 1 rings (SSSR count). The summed E-state index contributed by atoms with van der Waals surface area (Å²) in [7, 11) is 0. The fraction of sp³-hybridized carbons (Fsp3) is 0.577. The molecule has 38 heavy (non-hydrogen) atoms. The standard InChI is InChI=1S/C26H43N7O5/c1-5-16(4)21(33-22(34)18(27)14-17-10-7-6-8-11-17)24(36)32-20(15(2)3)23(35)31-19(25(37)38)12-9-13-30-26(28)29/h6-8,10-11,15-16,18-21H,5,9,12-14,27H2,1-4H3,(H,31,35)(H,32,36)(H,33,34)(H,37,38)(H4,28,29,30). The van der Waals surface area contributed by atoms with Gasteiger partial charge >= 0.3 is 5.97 Å². The highest BCUT2D eigenvalue weighted by atomic mass is 16.4. The molecule has 1 aromatic carbocycles. The lowest BCUT2D eigenvalue weighted by Gasteiger charge is -2.29. The van der Waals surface area contributed by atoms with Crippen molar-refractivity contribution >= 4 is 29.7 Å². The third kappa shape index (κ3) is 11.2. The Morgan fingerprint density at radius 3 is 2.03 bits per heavy atom. The summed E-state index contributed by atoms with van der Waals surface area (Å²) in [6, 6.07) is 5.29. The number of aliphatic carboxylic acids is 1. The average molecular weight is 534 g/mol. The Hall–Kier alpha value is -3.67. The number of nitrogens with two attached hydrogens (primary N) is 3. The number of rotatable bonds is 16. The van der Waals surface area contributed by atoms with Crippen molar-refractivity contribution in [3.8, 4) is 0 Å². The highest BCUT2D eigenvalue weighted by molar-refractivity contribution is 5.94. The first kappa shape index (κ1) is 32.4.